The maximum absolute atomic E-state index is 13.8. The van der Waals surface area contributed by atoms with Gasteiger partial charge < -0.3 is 9.47 Å². The smallest absolute Gasteiger partial charge is 0.309 e. The lowest BCUT2D eigenvalue weighted by atomic mass is 9.94. The van der Waals surface area contributed by atoms with E-state index in [-0.39, 0.29) is 47.8 Å². The Balaban J connectivity index is 1.37. The molecule has 7 heteroatoms. The first kappa shape index (κ1) is 26.7. The Kier molecular flexibility index (Phi) is 8.10. The largest absolute Gasteiger partial charge is 0.461 e. The van der Waals surface area contributed by atoms with E-state index in [1.54, 1.807) is 13.0 Å². The molecule has 4 rings (SSSR count). The Morgan fingerprint density at radius 2 is 1.86 bits per heavy atom. The molecule has 0 N–H and O–H groups in total. The number of aryl methyl sites for hydroxylation is 1. The lowest BCUT2D eigenvalue weighted by Gasteiger charge is -2.38. The van der Waals surface area contributed by atoms with E-state index >= 15 is 0 Å². The number of esters is 1. The Morgan fingerprint density at radius 1 is 1.14 bits per heavy atom. The third kappa shape index (κ3) is 6.30. The third-order valence-corrected chi connectivity index (χ3v) is 7.60. The van der Waals surface area contributed by atoms with Gasteiger partial charge in [-0.05, 0) is 57.6 Å². The van der Waals surface area contributed by atoms with Gasteiger partial charge in [-0.1, -0.05) is 41.8 Å². The minimum Gasteiger partial charge on any atom is -0.461 e. The minimum absolute atomic E-state index is 0.0273. The van der Waals surface area contributed by atoms with Gasteiger partial charge in [0, 0.05) is 30.1 Å². The van der Waals surface area contributed by atoms with Crippen LogP contribution in [0.15, 0.2) is 41.5 Å². The number of Topliss-reactive ketones (excluding diaryl/α,β-unsaturated/α-hetero) is 1. The molecule has 1 aliphatic heterocycles. The Bertz CT molecular complexity index is 1050. The van der Waals surface area contributed by atoms with Crippen molar-refractivity contribution >= 4 is 11.8 Å². The summed E-state index contributed by atoms with van der Waals surface area (Å²) in [4.78, 5) is 28.2. The number of carbonyl (C=O) groups excluding carboxylic acids is 2. The zero-order valence-corrected chi connectivity index (χ0v) is 21.7. The topological polar surface area (TPSA) is 55.8 Å². The van der Waals surface area contributed by atoms with E-state index in [1.807, 2.05) is 6.08 Å². The number of carbonyl (C=O) groups is 2. The molecule has 36 heavy (non-hydrogen) atoms. The van der Waals surface area contributed by atoms with Crippen molar-refractivity contribution in [3.05, 3.63) is 58.2 Å². The molecule has 0 amide bonds. The molecule has 5 nitrogen and oxygen atoms in total. The molecule has 1 heterocycles. The van der Waals surface area contributed by atoms with Crippen LogP contribution >= 0.6 is 0 Å². The van der Waals surface area contributed by atoms with Crippen molar-refractivity contribution < 1.29 is 27.8 Å². The molecule has 0 bridgehead atoms. The molecule has 2 fully saturated rings. The van der Waals surface area contributed by atoms with E-state index in [9.17, 15) is 18.4 Å². The van der Waals surface area contributed by atoms with Crippen LogP contribution in [-0.2, 0) is 31.6 Å². The number of rotatable bonds is 7. The number of morpholine rings is 1. The number of ether oxygens (including phenoxy) is 2. The molecule has 0 spiro atoms. The third-order valence-electron chi connectivity index (χ3n) is 7.60. The predicted octanol–water partition coefficient (Wildman–Crippen LogP) is 5.50. The van der Waals surface area contributed by atoms with Crippen molar-refractivity contribution in [2.45, 2.75) is 78.0 Å². The standard InChI is InChI=1S/C29H37F2NO4/c1-18-8-21(10-26(9-18)29(4,30)31)17-36-28(34)23-7-5-6-22-11-25(13-24(22)12-23)27(33)14-32-19(2)15-35-16-20(32)3/h8-11,13,19-20,22-23H,5-7,12,14-17H2,1-4H3. The molecule has 1 saturated heterocycles. The van der Waals surface area contributed by atoms with Crippen LogP contribution in [0, 0.1) is 18.8 Å². The first-order valence-electron chi connectivity index (χ1n) is 13.0. The normalized spacial score (nSPS) is 27.1. The average molecular weight is 502 g/mol. The fourth-order valence-electron chi connectivity index (χ4n) is 5.58. The molecule has 1 saturated carbocycles. The van der Waals surface area contributed by atoms with E-state index < -0.39 is 5.92 Å². The van der Waals surface area contributed by atoms with Gasteiger partial charge in [-0.25, -0.2) is 8.78 Å². The molecule has 1 aromatic carbocycles. The second-order valence-corrected chi connectivity index (χ2v) is 10.8. The van der Waals surface area contributed by atoms with Crippen LogP contribution < -0.4 is 0 Å². The van der Waals surface area contributed by atoms with Crippen LogP contribution in [0.3, 0.4) is 0 Å². The molecule has 1 aromatic rings. The van der Waals surface area contributed by atoms with Crippen LogP contribution in [0.1, 0.15) is 63.1 Å². The predicted molar refractivity (Wildman–Crippen MR) is 134 cm³/mol. The second kappa shape index (κ2) is 10.9. The summed E-state index contributed by atoms with van der Waals surface area (Å²) in [6.07, 6.45) is 7.11. The summed E-state index contributed by atoms with van der Waals surface area (Å²) in [6.45, 7) is 8.39. The van der Waals surface area contributed by atoms with Gasteiger partial charge >= 0.3 is 5.97 Å². The molecular formula is C29H37F2NO4. The van der Waals surface area contributed by atoms with Gasteiger partial charge in [-0.2, -0.15) is 0 Å². The Labute approximate surface area is 212 Å². The number of hydrogen-bond acceptors (Lipinski definition) is 5. The molecule has 0 radical (unpaired) electrons. The number of hydrogen-bond donors (Lipinski definition) is 0. The van der Waals surface area contributed by atoms with Crippen LogP contribution in [0.5, 0.6) is 0 Å². The summed E-state index contributed by atoms with van der Waals surface area (Å²) in [5.41, 5.74) is 3.04. The zero-order chi connectivity index (χ0) is 26.0. The highest BCUT2D eigenvalue weighted by molar-refractivity contribution is 6.00. The first-order chi connectivity index (χ1) is 17.0. The highest BCUT2D eigenvalue weighted by Gasteiger charge is 2.33. The lowest BCUT2D eigenvalue weighted by molar-refractivity contribution is -0.150. The molecule has 2 aliphatic carbocycles. The zero-order valence-electron chi connectivity index (χ0n) is 21.7. The average Bonchev–Trinajstić information content (AvgIpc) is 3.10. The maximum Gasteiger partial charge on any atom is 0.309 e. The first-order valence-corrected chi connectivity index (χ1v) is 13.0. The van der Waals surface area contributed by atoms with E-state index in [0.29, 0.717) is 37.3 Å². The summed E-state index contributed by atoms with van der Waals surface area (Å²) < 4.78 is 38.7. The number of alkyl halides is 2. The quantitative estimate of drug-likeness (QED) is 0.462. The van der Waals surface area contributed by atoms with E-state index in [1.165, 1.54) is 12.1 Å². The highest BCUT2D eigenvalue weighted by Crippen LogP contribution is 2.38. The Hall–Kier alpha value is -2.38. The molecule has 3 aliphatic rings. The number of ketones is 1. The number of fused-ring (bicyclic) bond motifs is 1. The van der Waals surface area contributed by atoms with E-state index in [2.05, 4.69) is 24.8 Å². The van der Waals surface area contributed by atoms with E-state index in [4.69, 9.17) is 9.47 Å². The maximum atomic E-state index is 13.8. The van der Waals surface area contributed by atoms with E-state index in [0.717, 1.165) is 37.3 Å². The van der Waals surface area contributed by atoms with Crippen LogP contribution in [-0.4, -0.2) is 48.5 Å². The van der Waals surface area contributed by atoms with Gasteiger partial charge in [-0.3, -0.25) is 14.5 Å². The van der Waals surface area contributed by atoms with Gasteiger partial charge in [0.15, 0.2) is 5.78 Å². The lowest BCUT2D eigenvalue weighted by Crippen LogP contribution is -2.51. The summed E-state index contributed by atoms with van der Waals surface area (Å²) in [5, 5.41) is 0. The molecule has 4 unspecified atom stereocenters. The van der Waals surface area contributed by atoms with Crippen molar-refractivity contribution in [3.8, 4) is 0 Å². The molecular weight excluding hydrogens is 464 g/mol. The fourth-order valence-corrected chi connectivity index (χ4v) is 5.58. The Morgan fingerprint density at radius 3 is 2.56 bits per heavy atom. The second-order valence-electron chi connectivity index (χ2n) is 10.8. The van der Waals surface area contributed by atoms with Crippen LogP contribution in [0.25, 0.3) is 0 Å². The number of allylic oxidation sites excluding steroid dienone is 3. The summed E-state index contributed by atoms with van der Waals surface area (Å²) >= 11 is 0. The SMILES string of the molecule is Cc1cc(COC(=O)C2CCCC3C=C(C(=O)CN4C(C)COCC4C)C=C3C2)cc(C(C)(F)F)c1. The van der Waals surface area contributed by atoms with Crippen molar-refractivity contribution in [3.63, 3.8) is 0 Å². The van der Waals surface area contributed by atoms with Crippen LogP contribution in [0.4, 0.5) is 8.78 Å². The summed E-state index contributed by atoms with van der Waals surface area (Å²) in [7, 11) is 0. The van der Waals surface area contributed by atoms with Crippen molar-refractivity contribution in [2.24, 2.45) is 11.8 Å². The van der Waals surface area contributed by atoms with Crippen molar-refractivity contribution in [1.29, 1.82) is 0 Å². The van der Waals surface area contributed by atoms with Gasteiger partial charge in [0.05, 0.1) is 25.7 Å². The minimum atomic E-state index is -2.95. The molecule has 196 valence electrons. The highest BCUT2D eigenvalue weighted by atomic mass is 19.3. The van der Waals surface area contributed by atoms with Crippen LogP contribution in [0.2, 0.25) is 0 Å². The monoisotopic (exact) mass is 501 g/mol. The molecule has 4 atom stereocenters. The number of halogens is 2. The van der Waals surface area contributed by atoms with Gasteiger partial charge in [0.25, 0.3) is 5.92 Å². The van der Waals surface area contributed by atoms with Crippen molar-refractivity contribution in [2.75, 3.05) is 19.8 Å². The number of benzene rings is 1. The van der Waals surface area contributed by atoms with Gasteiger partial charge in [0.2, 0.25) is 0 Å². The van der Waals surface area contributed by atoms with Gasteiger partial charge in [-0.15, -0.1) is 0 Å². The van der Waals surface area contributed by atoms with Crippen molar-refractivity contribution in [1.82, 2.24) is 4.90 Å². The van der Waals surface area contributed by atoms with Gasteiger partial charge in [0.1, 0.15) is 6.61 Å². The number of nitrogens with zero attached hydrogens (tertiary/aromatic N) is 1. The molecule has 0 aromatic heterocycles. The summed E-state index contributed by atoms with van der Waals surface area (Å²) in [6, 6.07) is 5.02. The fraction of sp³-hybridized carbons (Fsp3) is 0.586. The summed E-state index contributed by atoms with van der Waals surface area (Å²) in [5.74, 6) is -3.25.